The van der Waals surface area contributed by atoms with Gasteiger partial charge in [-0.3, -0.25) is 30.2 Å². The summed E-state index contributed by atoms with van der Waals surface area (Å²) in [7, 11) is 0. The number of amides is 3. The number of pyridine rings is 1. The number of para-hydroxylation sites is 1. The van der Waals surface area contributed by atoms with E-state index >= 15 is 0 Å². The van der Waals surface area contributed by atoms with Gasteiger partial charge in [0, 0.05) is 23.6 Å². The first kappa shape index (κ1) is 21.2. The summed E-state index contributed by atoms with van der Waals surface area (Å²) < 4.78 is 1.35. The lowest BCUT2D eigenvalue weighted by Gasteiger charge is -2.09. The average Bonchev–Trinajstić information content (AvgIpc) is 3.25. The van der Waals surface area contributed by atoms with Crippen molar-refractivity contribution in [2.24, 2.45) is 0 Å². The van der Waals surface area contributed by atoms with Gasteiger partial charge in [-0.15, -0.1) is 0 Å². The molecule has 0 spiro atoms. The van der Waals surface area contributed by atoms with Crippen LogP contribution in [0.2, 0.25) is 0 Å². The summed E-state index contributed by atoms with van der Waals surface area (Å²) in [6.45, 7) is 0. The van der Waals surface area contributed by atoms with Crippen molar-refractivity contribution in [3.63, 3.8) is 0 Å². The number of nitrogens with one attached hydrogen (secondary N) is 3. The van der Waals surface area contributed by atoms with Gasteiger partial charge in [-0.2, -0.15) is 5.10 Å². The SMILES string of the molecule is O=C(NNC(=O)c1nn(-c2ccccc2)cc1O)c1cccc(NC(=O)c2cccnc2)c1. The van der Waals surface area contributed by atoms with Gasteiger partial charge >= 0.3 is 0 Å². The molecule has 33 heavy (non-hydrogen) atoms. The summed E-state index contributed by atoms with van der Waals surface area (Å²) in [5.74, 6) is -2.14. The molecule has 0 aliphatic heterocycles. The maximum absolute atomic E-state index is 12.5. The molecule has 0 aliphatic carbocycles. The minimum atomic E-state index is -0.795. The molecule has 4 rings (SSSR count). The quantitative estimate of drug-likeness (QED) is 0.350. The lowest BCUT2D eigenvalue weighted by Crippen LogP contribution is -2.41. The third-order valence-electron chi connectivity index (χ3n) is 4.53. The monoisotopic (exact) mass is 442 g/mol. The van der Waals surface area contributed by atoms with Crippen LogP contribution in [0.3, 0.4) is 0 Å². The highest BCUT2D eigenvalue weighted by Crippen LogP contribution is 2.18. The molecule has 2 heterocycles. The Balaban J connectivity index is 1.39. The molecule has 0 radical (unpaired) electrons. The van der Waals surface area contributed by atoms with E-state index in [1.54, 1.807) is 54.7 Å². The van der Waals surface area contributed by atoms with Gasteiger partial charge in [0.1, 0.15) is 0 Å². The van der Waals surface area contributed by atoms with Gasteiger partial charge in [0.25, 0.3) is 17.7 Å². The van der Waals surface area contributed by atoms with Crippen molar-refractivity contribution in [3.8, 4) is 11.4 Å². The molecule has 4 aromatic rings. The van der Waals surface area contributed by atoms with E-state index in [2.05, 4.69) is 26.3 Å². The molecule has 0 saturated heterocycles. The summed E-state index contributed by atoms with van der Waals surface area (Å²) >= 11 is 0. The number of aromatic nitrogens is 3. The van der Waals surface area contributed by atoms with Crippen molar-refractivity contribution in [3.05, 3.63) is 102 Å². The van der Waals surface area contributed by atoms with Crippen molar-refractivity contribution >= 4 is 23.4 Å². The molecule has 10 nitrogen and oxygen atoms in total. The van der Waals surface area contributed by atoms with Gasteiger partial charge in [0.2, 0.25) is 0 Å². The molecule has 0 fully saturated rings. The Morgan fingerprint density at radius 2 is 1.58 bits per heavy atom. The smallest absolute Gasteiger partial charge is 0.294 e. The number of carbonyl (C=O) groups excluding carboxylic acids is 3. The zero-order valence-corrected chi connectivity index (χ0v) is 17.1. The van der Waals surface area contributed by atoms with Gasteiger partial charge in [0.15, 0.2) is 11.4 Å². The zero-order chi connectivity index (χ0) is 23.2. The Morgan fingerprint density at radius 3 is 2.33 bits per heavy atom. The highest BCUT2D eigenvalue weighted by molar-refractivity contribution is 6.05. The summed E-state index contributed by atoms with van der Waals surface area (Å²) in [6, 6.07) is 18.4. The van der Waals surface area contributed by atoms with Gasteiger partial charge in [-0.05, 0) is 42.5 Å². The lowest BCUT2D eigenvalue weighted by atomic mass is 10.2. The predicted octanol–water partition coefficient (Wildman–Crippen LogP) is 2.30. The van der Waals surface area contributed by atoms with Crippen molar-refractivity contribution in [2.75, 3.05) is 5.32 Å². The van der Waals surface area contributed by atoms with Crippen molar-refractivity contribution in [2.45, 2.75) is 0 Å². The molecule has 2 aromatic heterocycles. The molecule has 10 heteroatoms. The molecular formula is C23H18N6O4. The van der Waals surface area contributed by atoms with Crippen molar-refractivity contribution in [1.29, 1.82) is 0 Å². The Morgan fingerprint density at radius 1 is 0.818 bits per heavy atom. The van der Waals surface area contributed by atoms with Crippen LogP contribution >= 0.6 is 0 Å². The standard InChI is InChI=1S/C23H18N6O4/c30-19-14-29(18-9-2-1-3-10-18)28-20(19)23(33)27-26-22(32)15-6-4-8-17(12-15)25-21(31)16-7-5-11-24-13-16/h1-14,30H,(H,25,31)(H,26,32)(H,27,33). The van der Waals surface area contributed by atoms with Crippen LogP contribution in [0.25, 0.3) is 5.69 Å². The van der Waals surface area contributed by atoms with E-state index in [9.17, 15) is 19.5 Å². The molecule has 164 valence electrons. The summed E-state index contributed by atoms with van der Waals surface area (Å²) in [6.07, 6.45) is 4.28. The van der Waals surface area contributed by atoms with E-state index in [-0.39, 0.29) is 22.9 Å². The second-order valence-corrected chi connectivity index (χ2v) is 6.83. The molecule has 0 aliphatic rings. The molecule has 0 bridgehead atoms. The molecule has 0 atom stereocenters. The maximum Gasteiger partial charge on any atom is 0.294 e. The van der Waals surface area contributed by atoms with Gasteiger partial charge in [-0.1, -0.05) is 24.3 Å². The van der Waals surface area contributed by atoms with Crippen LogP contribution in [0.5, 0.6) is 5.75 Å². The van der Waals surface area contributed by atoms with Gasteiger partial charge < -0.3 is 10.4 Å². The first-order chi connectivity index (χ1) is 16.0. The largest absolute Gasteiger partial charge is 0.504 e. The fourth-order valence-corrected chi connectivity index (χ4v) is 2.92. The van der Waals surface area contributed by atoms with Crippen LogP contribution in [0, 0.1) is 0 Å². The number of rotatable bonds is 5. The minimum Gasteiger partial charge on any atom is -0.504 e. The lowest BCUT2D eigenvalue weighted by molar-refractivity contribution is 0.0842. The summed E-state index contributed by atoms with van der Waals surface area (Å²) in [4.78, 5) is 41.0. The fraction of sp³-hybridized carbons (Fsp3) is 0. The fourth-order valence-electron chi connectivity index (χ4n) is 2.92. The van der Waals surface area contributed by atoms with Crippen LogP contribution in [-0.4, -0.2) is 37.6 Å². The predicted molar refractivity (Wildman–Crippen MR) is 119 cm³/mol. The van der Waals surface area contributed by atoms with Gasteiger partial charge in [-0.25, -0.2) is 4.68 Å². The topological polar surface area (TPSA) is 138 Å². The first-order valence-corrected chi connectivity index (χ1v) is 9.77. The number of hydrazine groups is 1. The van der Waals surface area contributed by atoms with E-state index < -0.39 is 11.8 Å². The van der Waals surface area contributed by atoms with Crippen molar-refractivity contribution in [1.82, 2.24) is 25.6 Å². The number of benzene rings is 2. The zero-order valence-electron chi connectivity index (χ0n) is 17.1. The molecule has 2 aromatic carbocycles. The Bertz CT molecular complexity index is 1310. The third-order valence-corrected chi connectivity index (χ3v) is 4.53. The van der Waals surface area contributed by atoms with Crippen molar-refractivity contribution < 1.29 is 19.5 Å². The average molecular weight is 442 g/mol. The van der Waals surface area contributed by atoms with Crippen LogP contribution < -0.4 is 16.2 Å². The normalized spacial score (nSPS) is 10.3. The second kappa shape index (κ2) is 9.43. The van der Waals surface area contributed by atoms with Gasteiger partial charge in [0.05, 0.1) is 17.4 Å². The number of hydrogen-bond donors (Lipinski definition) is 4. The maximum atomic E-state index is 12.5. The Labute approximate surface area is 187 Å². The third kappa shape index (κ3) is 5.02. The number of nitrogens with zero attached hydrogens (tertiary/aromatic N) is 3. The van der Waals surface area contributed by atoms with Crippen LogP contribution in [0.1, 0.15) is 31.2 Å². The summed E-state index contributed by atoms with van der Waals surface area (Å²) in [5, 5.41) is 16.8. The molecule has 4 N–H and O–H groups in total. The second-order valence-electron chi connectivity index (χ2n) is 6.83. The number of aromatic hydroxyl groups is 1. The summed E-state index contributed by atoms with van der Waals surface area (Å²) in [5.41, 5.74) is 5.84. The van der Waals surface area contributed by atoms with E-state index in [0.717, 1.165) is 0 Å². The number of carbonyl (C=O) groups is 3. The molecular weight excluding hydrogens is 424 g/mol. The highest BCUT2D eigenvalue weighted by Gasteiger charge is 2.18. The van der Waals surface area contributed by atoms with E-state index in [4.69, 9.17) is 0 Å². The van der Waals surface area contributed by atoms with E-state index in [0.29, 0.717) is 16.9 Å². The van der Waals surface area contributed by atoms with Crippen LogP contribution in [-0.2, 0) is 0 Å². The van der Waals surface area contributed by atoms with Crippen LogP contribution in [0.4, 0.5) is 5.69 Å². The molecule has 0 saturated carbocycles. The molecule has 0 unspecified atom stereocenters. The Hall–Kier alpha value is -4.99. The molecule has 3 amide bonds. The van der Waals surface area contributed by atoms with E-state index in [1.165, 1.54) is 29.2 Å². The van der Waals surface area contributed by atoms with Crippen LogP contribution in [0.15, 0.2) is 85.3 Å². The first-order valence-electron chi connectivity index (χ1n) is 9.77. The van der Waals surface area contributed by atoms with E-state index in [1.807, 2.05) is 6.07 Å². The number of hydrogen-bond acceptors (Lipinski definition) is 6. The highest BCUT2D eigenvalue weighted by atomic mass is 16.3. The number of anilines is 1. The Kier molecular flexibility index (Phi) is 6.08. The minimum absolute atomic E-state index is 0.193.